The molecule has 2 saturated carbocycles. The molecule has 0 heterocycles. The molecule has 0 bridgehead atoms. The maximum Gasteiger partial charge on any atom is 0.0580 e. The van der Waals surface area contributed by atoms with E-state index in [-0.39, 0.29) is 0 Å². The molecular formula is C12H22O. The highest BCUT2D eigenvalue weighted by Crippen LogP contribution is 2.59. The molecule has 0 N–H and O–H groups in total. The van der Waals surface area contributed by atoms with Gasteiger partial charge in [-0.1, -0.05) is 19.8 Å². The summed E-state index contributed by atoms with van der Waals surface area (Å²) in [5.74, 6) is 3.89. The Kier molecular flexibility index (Phi) is 2.64. The second-order valence-electron chi connectivity index (χ2n) is 4.89. The quantitative estimate of drug-likeness (QED) is 0.651. The lowest BCUT2D eigenvalue weighted by Gasteiger charge is -2.15. The second-order valence-corrected chi connectivity index (χ2v) is 4.89. The first-order valence-electron chi connectivity index (χ1n) is 5.87. The van der Waals surface area contributed by atoms with E-state index in [0.717, 1.165) is 30.3 Å². The Labute approximate surface area is 81.9 Å². The Balaban J connectivity index is 1.89. The first-order valence-corrected chi connectivity index (χ1v) is 5.87. The summed E-state index contributed by atoms with van der Waals surface area (Å²) in [6.07, 6.45) is 4.89. The van der Waals surface area contributed by atoms with Gasteiger partial charge in [-0.05, 0) is 43.9 Å². The van der Waals surface area contributed by atoms with E-state index in [9.17, 15) is 0 Å². The van der Waals surface area contributed by atoms with E-state index in [4.69, 9.17) is 4.74 Å². The molecule has 0 saturated heterocycles. The van der Waals surface area contributed by atoms with Gasteiger partial charge in [-0.25, -0.2) is 0 Å². The predicted octanol–water partition coefficient (Wildman–Crippen LogP) is 3.09. The standard InChI is InChI=1S/C12H22O/c1-4-13-9(3)12-10-7-5-6-8(2)11(10)12/h8-12H,4-7H2,1-3H3/t8-,9+,10+,11+,12+/m0/s1. The third-order valence-electron chi connectivity index (χ3n) is 4.12. The van der Waals surface area contributed by atoms with Crippen molar-refractivity contribution in [1.82, 2.24) is 0 Å². The topological polar surface area (TPSA) is 9.23 Å². The van der Waals surface area contributed by atoms with E-state index >= 15 is 0 Å². The van der Waals surface area contributed by atoms with E-state index in [1.54, 1.807) is 0 Å². The average Bonchev–Trinajstić information content (AvgIpc) is 2.80. The molecule has 2 rings (SSSR count). The zero-order chi connectivity index (χ0) is 9.42. The van der Waals surface area contributed by atoms with Crippen LogP contribution in [0.1, 0.15) is 40.0 Å². The lowest BCUT2D eigenvalue weighted by atomic mass is 9.91. The Bertz CT molecular complexity index is 178. The van der Waals surface area contributed by atoms with Crippen molar-refractivity contribution in [3.05, 3.63) is 0 Å². The summed E-state index contributed by atoms with van der Waals surface area (Å²) in [6, 6.07) is 0. The number of ether oxygens (including phenoxy) is 1. The van der Waals surface area contributed by atoms with Crippen molar-refractivity contribution in [2.75, 3.05) is 6.61 Å². The van der Waals surface area contributed by atoms with Gasteiger partial charge in [-0.3, -0.25) is 0 Å². The molecule has 1 heteroatoms. The van der Waals surface area contributed by atoms with Gasteiger partial charge in [0.25, 0.3) is 0 Å². The van der Waals surface area contributed by atoms with Gasteiger partial charge in [0.1, 0.15) is 0 Å². The Morgan fingerprint density at radius 3 is 2.77 bits per heavy atom. The van der Waals surface area contributed by atoms with Crippen LogP contribution in [0.15, 0.2) is 0 Å². The van der Waals surface area contributed by atoms with Crippen molar-refractivity contribution in [3.63, 3.8) is 0 Å². The molecule has 0 spiro atoms. The number of hydrogen-bond acceptors (Lipinski definition) is 1. The number of rotatable bonds is 3. The molecule has 0 unspecified atom stereocenters. The minimum absolute atomic E-state index is 0.514. The smallest absolute Gasteiger partial charge is 0.0580 e. The van der Waals surface area contributed by atoms with Crippen molar-refractivity contribution >= 4 is 0 Å². The van der Waals surface area contributed by atoms with Crippen molar-refractivity contribution in [3.8, 4) is 0 Å². The molecule has 0 aromatic carbocycles. The van der Waals surface area contributed by atoms with Crippen molar-refractivity contribution in [1.29, 1.82) is 0 Å². The predicted molar refractivity (Wildman–Crippen MR) is 54.6 cm³/mol. The molecule has 5 atom stereocenters. The third kappa shape index (κ3) is 1.63. The Morgan fingerprint density at radius 1 is 1.38 bits per heavy atom. The van der Waals surface area contributed by atoms with Crippen LogP contribution in [0.4, 0.5) is 0 Å². The Hall–Kier alpha value is -0.0400. The summed E-state index contributed by atoms with van der Waals surface area (Å²) in [6.45, 7) is 7.67. The molecule has 0 amide bonds. The lowest BCUT2D eigenvalue weighted by Crippen LogP contribution is -2.13. The first kappa shape index (κ1) is 9.51. The van der Waals surface area contributed by atoms with Crippen LogP contribution in [0.25, 0.3) is 0 Å². The summed E-state index contributed by atoms with van der Waals surface area (Å²) >= 11 is 0. The molecule has 2 aliphatic rings. The fraction of sp³-hybridized carbons (Fsp3) is 1.00. The SMILES string of the molecule is CCO[C@H](C)[C@@H]1[C@@H]2CCC[C@H](C)[C@H]21. The van der Waals surface area contributed by atoms with Crippen LogP contribution in [0, 0.1) is 23.7 Å². The maximum absolute atomic E-state index is 5.71. The third-order valence-corrected chi connectivity index (χ3v) is 4.12. The van der Waals surface area contributed by atoms with Gasteiger partial charge in [0.15, 0.2) is 0 Å². The van der Waals surface area contributed by atoms with Gasteiger partial charge in [-0.15, -0.1) is 0 Å². The molecule has 0 aromatic heterocycles. The van der Waals surface area contributed by atoms with E-state index in [2.05, 4.69) is 20.8 Å². The average molecular weight is 182 g/mol. The van der Waals surface area contributed by atoms with E-state index in [0.29, 0.717) is 6.10 Å². The van der Waals surface area contributed by atoms with Crippen molar-refractivity contribution in [2.24, 2.45) is 23.7 Å². The fourth-order valence-electron chi connectivity index (χ4n) is 3.52. The zero-order valence-electron chi connectivity index (χ0n) is 9.12. The Morgan fingerprint density at radius 2 is 2.15 bits per heavy atom. The van der Waals surface area contributed by atoms with Gasteiger partial charge in [0.05, 0.1) is 6.10 Å². The molecule has 0 aromatic rings. The van der Waals surface area contributed by atoms with Gasteiger partial charge < -0.3 is 4.74 Å². The van der Waals surface area contributed by atoms with Crippen LogP contribution in [-0.4, -0.2) is 12.7 Å². The molecule has 0 radical (unpaired) electrons. The van der Waals surface area contributed by atoms with Crippen LogP contribution >= 0.6 is 0 Å². The fourth-order valence-corrected chi connectivity index (χ4v) is 3.52. The van der Waals surface area contributed by atoms with E-state index in [1.807, 2.05) is 0 Å². The zero-order valence-corrected chi connectivity index (χ0v) is 9.12. The summed E-state index contributed by atoms with van der Waals surface area (Å²) in [7, 11) is 0. The van der Waals surface area contributed by atoms with Gasteiger partial charge >= 0.3 is 0 Å². The molecule has 76 valence electrons. The summed E-state index contributed by atoms with van der Waals surface area (Å²) in [5.41, 5.74) is 0. The highest BCUT2D eigenvalue weighted by Gasteiger charge is 2.56. The van der Waals surface area contributed by atoms with Gasteiger partial charge in [0.2, 0.25) is 0 Å². The van der Waals surface area contributed by atoms with Crippen LogP contribution in [0.5, 0.6) is 0 Å². The minimum atomic E-state index is 0.514. The van der Waals surface area contributed by atoms with E-state index < -0.39 is 0 Å². The van der Waals surface area contributed by atoms with E-state index in [1.165, 1.54) is 19.3 Å². The molecule has 1 nitrogen and oxygen atoms in total. The van der Waals surface area contributed by atoms with Crippen LogP contribution in [-0.2, 0) is 4.74 Å². The van der Waals surface area contributed by atoms with Gasteiger partial charge in [-0.2, -0.15) is 0 Å². The molecule has 2 fully saturated rings. The summed E-state index contributed by atoms with van der Waals surface area (Å²) in [4.78, 5) is 0. The van der Waals surface area contributed by atoms with Crippen LogP contribution < -0.4 is 0 Å². The molecule has 0 aliphatic heterocycles. The van der Waals surface area contributed by atoms with Crippen molar-refractivity contribution < 1.29 is 4.74 Å². The molecular weight excluding hydrogens is 160 g/mol. The van der Waals surface area contributed by atoms with Gasteiger partial charge in [0, 0.05) is 6.61 Å². The molecule has 13 heavy (non-hydrogen) atoms. The normalized spacial score (nSPS) is 45.5. The van der Waals surface area contributed by atoms with Crippen LogP contribution in [0.3, 0.4) is 0 Å². The minimum Gasteiger partial charge on any atom is -0.378 e. The summed E-state index contributed by atoms with van der Waals surface area (Å²) < 4.78 is 5.71. The first-order chi connectivity index (χ1) is 6.25. The number of fused-ring (bicyclic) bond motifs is 1. The lowest BCUT2D eigenvalue weighted by molar-refractivity contribution is 0.0528. The summed E-state index contributed by atoms with van der Waals surface area (Å²) in [5, 5.41) is 0. The highest BCUT2D eigenvalue weighted by atomic mass is 16.5. The highest BCUT2D eigenvalue weighted by molar-refractivity contribution is 5.04. The molecule has 2 aliphatic carbocycles. The number of hydrogen-bond donors (Lipinski definition) is 0. The monoisotopic (exact) mass is 182 g/mol. The largest absolute Gasteiger partial charge is 0.378 e. The maximum atomic E-state index is 5.71. The van der Waals surface area contributed by atoms with Crippen molar-refractivity contribution in [2.45, 2.75) is 46.1 Å². The second kappa shape index (κ2) is 3.61. The van der Waals surface area contributed by atoms with Crippen LogP contribution in [0.2, 0.25) is 0 Å².